The molecule has 32 heavy (non-hydrogen) atoms. The van der Waals surface area contributed by atoms with Crippen LogP contribution in [0.3, 0.4) is 0 Å². The second-order valence-electron chi connectivity index (χ2n) is 7.46. The molecule has 0 radical (unpaired) electrons. The highest BCUT2D eigenvalue weighted by molar-refractivity contribution is 5.95. The summed E-state index contributed by atoms with van der Waals surface area (Å²) in [6.07, 6.45) is 0.0581. The van der Waals surface area contributed by atoms with Gasteiger partial charge >= 0.3 is 5.97 Å². The SMILES string of the molecule is CCC(C)C(NC(=O)C(CC(N)=O)NC(=O)CN)C(=O)NC(Cc1ccccc1)C(=O)O. The number of carboxylic acids is 1. The number of rotatable bonds is 13. The van der Waals surface area contributed by atoms with E-state index in [4.69, 9.17) is 11.5 Å². The Morgan fingerprint density at radius 3 is 2.09 bits per heavy atom. The minimum atomic E-state index is -1.32. The molecule has 4 unspecified atom stereocenters. The number of hydrogen-bond donors (Lipinski definition) is 6. The summed E-state index contributed by atoms with van der Waals surface area (Å²) in [7, 11) is 0. The van der Waals surface area contributed by atoms with Crippen LogP contribution in [0.2, 0.25) is 0 Å². The van der Waals surface area contributed by atoms with Gasteiger partial charge in [-0.1, -0.05) is 50.6 Å². The number of carbonyl (C=O) groups is 5. The molecule has 4 atom stereocenters. The monoisotopic (exact) mass is 449 g/mol. The zero-order valence-corrected chi connectivity index (χ0v) is 18.2. The lowest BCUT2D eigenvalue weighted by Crippen LogP contribution is -2.58. The Hall–Kier alpha value is -3.47. The third-order valence-corrected chi connectivity index (χ3v) is 4.93. The zero-order valence-electron chi connectivity index (χ0n) is 18.2. The summed E-state index contributed by atoms with van der Waals surface area (Å²) in [6, 6.07) is 5.15. The first kappa shape index (κ1) is 26.6. The average molecular weight is 450 g/mol. The third kappa shape index (κ3) is 8.72. The molecule has 0 aliphatic carbocycles. The lowest BCUT2D eigenvalue weighted by Gasteiger charge is -2.27. The summed E-state index contributed by atoms with van der Waals surface area (Å²) in [5.74, 6) is -4.60. The van der Waals surface area contributed by atoms with Crippen molar-refractivity contribution in [1.29, 1.82) is 0 Å². The van der Waals surface area contributed by atoms with Gasteiger partial charge in [0.25, 0.3) is 0 Å². The zero-order chi connectivity index (χ0) is 24.3. The molecule has 0 aliphatic rings. The molecule has 0 heterocycles. The highest BCUT2D eigenvalue weighted by Crippen LogP contribution is 2.11. The van der Waals surface area contributed by atoms with Crippen LogP contribution < -0.4 is 27.4 Å². The maximum atomic E-state index is 12.9. The van der Waals surface area contributed by atoms with E-state index in [1.165, 1.54) is 0 Å². The first-order chi connectivity index (χ1) is 15.1. The molecule has 0 saturated heterocycles. The lowest BCUT2D eigenvalue weighted by molar-refractivity contribution is -0.142. The Balaban J connectivity index is 3.00. The van der Waals surface area contributed by atoms with E-state index < -0.39 is 60.7 Å². The second-order valence-corrected chi connectivity index (χ2v) is 7.46. The average Bonchev–Trinajstić information content (AvgIpc) is 2.75. The molecule has 1 aromatic rings. The summed E-state index contributed by atoms with van der Waals surface area (Å²) < 4.78 is 0. The van der Waals surface area contributed by atoms with Crippen molar-refractivity contribution >= 4 is 29.6 Å². The van der Waals surface area contributed by atoms with Gasteiger partial charge in [0.1, 0.15) is 18.1 Å². The normalized spacial score (nSPS) is 14.3. The van der Waals surface area contributed by atoms with Gasteiger partial charge in [-0.3, -0.25) is 19.2 Å². The first-order valence-electron chi connectivity index (χ1n) is 10.2. The summed E-state index contributed by atoms with van der Waals surface area (Å²) >= 11 is 0. The van der Waals surface area contributed by atoms with E-state index in [2.05, 4.69) is 16.0 Å². The Morgan fingerprint density at radius 2 is 1.59 bits per heavy atom. The third-order valence-electron chi connectivity index (χ3n) is 4.93. The smallest absolute Gasteiger partial charge is 0.326 e. The van der Waals surface area contributed by atoms with Crippen molar-refractivity contribution in [2.45, 2.75) is 51.2 Å². The minimum Gasteiger partial charge on any atom is -0.480 e. The molecule has 1 aromatic carbocycles. The molecule has 0 aromatic heterocycles. The van der Waals surface area contributed by atoms with Crippen molar-refractivity contribution in [2.75, 3.05) is 6.54 Å². The van der Waals surface area contributed by atoms with Crippen LogP contribution in [-0.4, -0.2) is 59.4 Å². The van der Waals surface area contributed by atoms with Gasteiger partial charge in [-0.05, 0) is 11.5 Å². The van der Waals surface area contributed by atoms with Crippen molar-refractivity contribution in [3.05, 3.63) is 35.9 Å². The quantitative estimate of drug-likeness (QED) is 0.214. The molecule has 176 valence electrons. The fourth-order valence-electron chi connectivity index (χ4n) is 2.93. The Kier molecular flexibility index (Phi) is 10.8. The van der Waals surface area contributed by atoms with Crippen LogP contribution in [0.1, 0.15) is 32.3 Å². The van der Waals surface area contributed by atoms with Crippen LogP contribution in [0, 0.1) is 5.92 Å². The van der Waals surface area contributed by atoms with Gasteiger partial charge < -0.3 is 32.5 Å². The van der Waals surface area contributed by atoms with Crippen LogP contribution in [-0.2, 0) is 30.4 Å². The van der Waals surface area contributed by atoms with Crippen LogP contribution in [0.5, 0.6) is 0 Å². The Bertz CT molecular complexity index is 816. The van der Waals surface area contributed by atoms with E-state index in [0.29, 0.717) is 6.42 Å². The number of benzene rings is 1. The van der Waals surface area contributed by atoms with E-state index in [-0.39, 0.29) is 12.3 Å². The summed E-state index contributed by atoms with van der Waals surface area (Å²) in [5.41, 5.74) is 11.1. The van der Waals surface area contributed by atoms with Crippen LogP contribution in [0.4, 0.5) is 0 Å². The van der Waals surface area contributed by atoms with Gasteiger partial charge in [-0.2, -0.15) is 0 Å². The second kappa shape index (κ2) is 13.1. The molecule has 1 rings (SSSR count). The molecule has 11 heteroatoms. The standard InChI is InChI=1S/C21H31N5O6/c1-3-12(2)18(26-19(29)14(10-16(23)27)24-17(28)11-22)20(30)25-15(21(31)32)9-13-7-5-4-6-8-13/h4-8,12,14-15,18H,3,9-11,22H2,1-2H3,(H2,23,27)(H,24,28)(H,25,30)(H,26,29)(H,31,32). The van der Waals surface area contributed by atoms with Crippen molar-refractivity contribution in [1.82, 2.24) is 16.0 Å². The molecule has 0 bridgehead atoms. The highest BCUT2D eigenvalue weighted by atomic mass is 16.4. The number of primary amides is 1. The molecule has 0 spiro atoms. The Morgan fingerprint density at radius 1 is 0.969 bits per heavy atom. The molecular formula is C21H31N5O6. The Labute approximate surface area is 186 Å². The molecule has 8 N–H and O–H groups in total. The van der Waals surface area contributed by atoms with E-state index in [9.17, 15) is 29.1 Å². The number of hydrogen-bond acceptors (Lipinski definition) is 6. The van der Waals surface area contributed by atoms with Crippen LogP contribution in [0.25, 0.3) is 0 Å². The van der Waals surface area contributed by atoms with Crippen molar-refractivity contribution in [3.8, 4) is 0 Å². The predicted molar refractivity (Wildman–Crippen MR) is 116 cm³/mol. The van der Waals surface area contributed by atoms with Crippen LogP contribution >= 0.6 is 0 Å². The van der Waals surface area contributed by atoms with E-state index in [1.807, 2.05) is 0 Å². The highest BCUT2D eigenvalue weighted by Gasteiger charge is 2.32. The molecular weight excluding hydrogens is 418 g/mol. The fraction of sp³-hybridized carbons (Fsp3) is 0.476. The first-order valence-corrected chi connectivity index (χ1v) is 10.2. The van der Waals surface area contributed by atoms with Crippen molar-refractivity contribution in [2.24, 2.45) is 17.4 Å². The molecule has 0 aliphatic heterocycles. The molecule has 0 fully saturated rings. The number of nitrogens with one attached hydrogen (secondary N) is 3. The molecule has 11 nitrogen and oxygen atoms in total. The van der Waals surface area contributed by atoms with Crippen molar-refractivity contribution < 1.29 is 29.1 Å². The van der Waals surface area contributed by atoms with Crippen molar-refractivity contribution in [3.63, 3.8) is 0 Å². The number of nitrogens with two attached hydrogens (primary N) is 2. The summed E-state index contributed by atoms with van der Waals surface area (Å²) in [5, 5.41) is 16.8. The van der Waals surface area contributed by atoms with Gasteiger partial charge in [0.05, 0.1) is 13.0 Å². The topological polar surface area (TPSA) is 194 Å². The minimum absolute atomic E-state index is 0.0555. The van der Waals surface area contributed by atoms with E-state index in [1.54, 1.807) is 44.2 Å². The maximum absolute atomic E-state index is 12.9. The number of amides is 4. The van der Waals surface area contributed by atoms with Gasteiger partial charge in [-0.15, -0.1) is 0 Å². The van der Waals surface area contributed by atoms with Gasteiger partial charge in [0, 0.05) is 6.42 Å². The summed E-state index contributed by atoms with van der Waals surface area (Å²) in [4.78, 5) is 60.2. The van der Waals surface area contributed by atoms with E-state index in [0.717, 1.165) is 5.56 Å². The number of carbonyl (C=O) groups excluding carboxylic acids is 4. The fourth-order valence-corrected chi connectivity index (χ4v) is 2.93. The largest absolute Gasteiger partial charge is 0.480 e. The predicted octanol–water partition coefficient (Wildman–Crippen LogP) is -1.35. The van der Waals surface area contributed by atoms with E-state index >= 15 is 0 Å². The number of aliphatic carboxylic acids is 1. The lowest BCUT2D eigenvalue weighted by atomic mass is 9.96. The van der Waals surface area contributed by atoms with Gasteiger partial charge in [0.2, 0.25) is 23.6 Å². The summed E-state index contributed by atoms with van der Waals surface area (Å²) in [6.45, 7) is 3.10. The molecule has 4 amide bonds. The number of carboxylic acid groups (broad SMARTS) is 1. The van der Waals surface area contributed by atoms with Gasteiger partial charge in [-0.25, -0.2) is 4.79 Å². The van der Waals surface area contributed by atoms with Crippen LogP contribution in [0.15, 0.2) is 30.3 Å². The maximum Gasteiger partial charge on any atom is 0.326 e. The van der Waals surface area contributed by atoms with Gasteiger partial charge in [0.15, 0.2) is 0 Å². The molecule has 0 saturated carbocycles.